The van der Waals surface area contributed by atoms with Crippen LogP contribution < -0.4 is 0 Å². The normalized spacial score (nSPS) is 10.7. The molecule has 0 radical (unpaired) electrons. The largest absolute Gasteiger partial charge is 0.339 e. The number of halogens is 1. The van der Waals surface area contributed by atoms with Gasteiger partial charge in [-0.15, -0.1) is 0 Å². The Morgan fingerprint density at radius 2 is 1.55 bits per heavy atom. The first kappa shape index (κ1) is 19.2. The van der Waals surface area contributed by atoms with Crippen LogP contribution in [0.25, 0.3) is 0 Å². The number of hydrogen-bond donors (Lipinski definition) is 0. The average Bonchev–Trinajstić information content (AvgIpc) is 2.53. The van der Waals surface area contributed by atoms with Crippen molar-refractivity contribution < 1.29 is 4.79 Å². The van der Waals surface area contributed by atoms with Crippen molar-refractivity contribution in [2.45, 2.75) is 65.2 Å². The van der Waals surface area contributed by atoms with E-state index >= 15 is 0 Å². The molecule has 0 spiro atoms. The third-order valence-corrected chi connectivity index (χ3v) is 4.42. The molecule has 0 fully saturated rings. The molecule has 3 heteroatoms. The number of unbranched alkanes of at least 4 members (excludes halogenated alkanes) is 6. The number of hydrogen-bond acceptors (Lipinski definition) is 1. The molecule has 0 saturated carbocycles. The Balaban J connectivity index is 2.59. The Labute approximate surface area is 144 Å². The standard InChI is InChI=1S/C19H30BrNO/c1-3-5-7-9-14-21(15-10-8-6-4-2)19(22)17-12-11-13-18(20)16-17/h11-13,16H,3-10,14-15H2,1-2H3. The Morgan fingerprint density at radius 1 is 0.955 bits per heavy atom. The number of carbonyl (C=O) groups is 1. The fraction of sp³-hybridized carbons (Fsp3) is 0.632. The fourth-order valence-corrected chi connectivity index (χ4v) is 2.98. The average molecular weight is 368 g/mol. The second kappa shape index (κ2) is 11.7. The van der Waals surface area contributed by atoms with Crippen LogP contribution in [0.1, 0.15) is 75.6 Å². The van der Waals surface area contributed by atoms with Gasteiger partial charge in [0.05, 0.1) is 0 Å². The molecular weight excluding hydrogens is 338 g/mol. The lowest BCUT2D eigenvalue weighted by Gasteiger charge is -2.23. The predicted molar refractivity (Wildman–Crippen MR) is 98.3 cm³/mol. The summed E-state index contributed by atoms with van der Waals surface area (Å²) in [6.07, 6.45) is 9.64. The van der Waals surface area contributed by atoms with Gasteiger partial charge < -0.3 is 4.90 Å². The monoisotopic (exact) mass is 367 g/mol. The maximum atomic E-state index is 12.7. The Kier molecular flexibility index (Phi) is 10.2. The molecule has 0 aromatic heterocycles. The smallest absolute Gasteiger partial charge is 0.253 e. The number of nitrogens with zero attached hydrogens (tertiary/aromatic N) is 1. The maximum Gasteiger partial charge on any atom is 0.253 e. The van der Waals surface area contributed by atoms with E-state index in [0.717, 1.165) is 36.0 Å². The third-order valence-electron chi connectivity index (χ3n) is 3.92. The minimum absolute atomic E-state index is 0.175. The molecule has 1 aromatic rings. The van der Waals surface area contributed by atoms with Gasteiger partial charge in [0.2, 0.25) is 0 Å². The zero-order valence-corrected chi connectivity index (χ0v) is 15.7. The van der Waals surface area contributed by atoms with Crippen LogP contribution >= 0.6 is 15.9 Å². The number of rotatable bonds is 11. The van der Waals surface area contributed by atoms with E-state index in [1.165, 1.54) is 38.5 Å². The van der Waals surface area contributed by atoms with Gasteiger partial charge in [-0.3, -0.25) is 4.79 Å². The van der Waals surface area contributed by atoms with Gasteiger partial charge >= 0.3 is 0 Å². The summed E-state index contributed by atoms with van der Waals surface area (Å²) in [5.74, 6) is 0.175. The minimum atomic E-state index is 0.175. The molecule has 0 unspecified atom stereocenters. The highest BCUT2D eigenvalue weighted by molar-refractivity contribution is 9.10. The van der Waals surface area contributed by atoms with Crippen molar-refractivity contribution in [3.63, 3.8) is 0 Å². The lowest BCUT2D eigenvalue weighted by Crippen LogP contribution is -2.33. The van der Waals surface area contributed by atoms with E-state index < -0.39 is 0 Å². The van der Waals surface area contributed by atoms with Crippen LogP contribution in [0.15, 0.2) is 28.7 Å². The van der Waals surface area contributed by atoms with Crippen LogP contribution in [0.2, 0.25) is 0 Å². The molecule has 22 heavy (non-hydrogen) atoms. The van der Waals surface area contributed by atoms with E-state index in [1.807, 2.05) is 29.2 Å². The van der Waals surface area contributed by atoms with Crippen molar-refractivity contribution in [1.29, 1.82) is 0 Å². The summed E-state index contributed by atoms with van der Waals surface area (Å²) in [5, 5.41) is 0. The SMILES string of the molecule is CCCCCCN(CCCCCC)C(=O)c1cccc(Br)c1. The highest BCUT2D eigenvalue weighted by Gasteiger charge is 2.15. The quantitative estimate of drug-likeness (QED) is 0.435. The zero-order chi connectivity index (χ0) is 16.2. The summed E-state index contributed by atoms with van der Waals surface area (Å²) < 4.78 is 0.968. The first-order valence-corrected chi connectivity index (χ1v) is 9.53. The minimum Gasteiger partial charge on any atom is -0.339 e. The summed E-state index contributed by atoms with van der Waals surface area (Å²) in [7, 11) is 0. The molecular formula is C19H30BrNO. The third kappa shape index (κ3) is 7.44. The first-order chi connectivity index (χ1) is 10.7. The summed E-state index contributed by atoms with van der Waals surface area (Å²) in [6, 6.07) is 7.73. The van der Waals surface area contributed by atoms with Crippen LogP contribution in [0.3, 0.4) is 0 Å². The second-order valence-corrected chi connectivity index (χ2v) is 6.84. The van der Waals surface area contributed by atoms with Crippen LogP contribution in [-0.2, 0) is 0 Å². The number of carbonyl (C=O) groups excluding carboxylic acids is 1. The number of amides is 1. The van der Waals surface area contributed by atoms with Crippen molar-refractivity contribution in [3.05, 3.63) is 34.3 Å². The van der Waals surface area contributed by atoms with Gasteiger partial charge in [-0.2, -0.15) is 0 Å². The van der Waals surface area contributed by atoms with Crippen molar-refractivity contribution in [3.8, 4) is 0 Å². The first-order valence-electron chi connectivity index (χ1n) is 8.73. The molecule has 0 aliphatic carbocycles. The zero-order valence-electron chi connectivity index (χ0n) is 14.1. The van der Waals surface area contributed by atoms with E-state index in [9.17, 15) is 4.79 Å². The molecule has 0 heterocycles. The summed E-state index contributed by atoms with van der Waals surface area (Å²) in [4.78, 5) is 14.8. The van der Waals surface area contributed by atoms with Crippen LogP contribution in [0.5, 0.6) is 0 Å². The molecule has 1 amide bonds. The van der Waals surface area contributed by atoms with Gasteiger partial charge in [-0.25, -0.2) is 0 Å². The Bertz CT molecular complexity index is 421. The molecule has 124 valence electrons. The molecule has 0 N–H and O–H groups in total. The predicted octanol–water partition coefficient (Wildman–Crippen LogP) is 6.05. The maximum absolute atomic E-state index is 12.7. The van der Waals surface area contributed by atoms with Crippen LogP contribution in [0.4, 0.5) is 0 Å². The van der Waals surface area contributed by atoms with Gasteiger partial charge in [0, 0.05) is 23.1 Å². The Morgan fingerprint density at radius 3 is 2.05 bits per heavy atom. The van der Waals surface area contributed by atoms with E-state index in [-0.39, 0.29) is 5.91 Å². The van der Waals surface area contributed by atoms with Gasteiger partial charge in [0.15, 0.2) is 0 Å². The Hall–Kier alpha value is -0.830. The molecule has 2 nitrogen and oxygen atoms in total. The summed E-state index contributed by atoms with van der Waals surface area (Å²) in [5.41, 5.74) is 0.792. The van der Waals surface area contributed by atoms with Gasteiger partial charge in [0.25, 0.3) is 5.91 Å². The summed E-state index contributed by atoms with van der Waals surface area (Å²) >= 11 is 3.46. The van der Waals surface area contributed by atoms with Gasteiger partial charge in [-0.1, -0.05) is 74.4 Å². The highest BCUT2D eigenvalue weighted by atomic mass is 79.9. The van der Waals surface area contributed by atoms with E-state index in [0.29, 0.717) is 0 Å². The van der Waals surface area contributed by atoms with E-state index in [1.54, 1.807) is 0 Å². The van der Waals surface area contributed by atoms with Crippen LogP contribution in [0, 0.1) is 0 Å². The number of benzene rings is 1. The molecule has 0 bridgehead atoms. The molecule has 1 aromatic carbocycles. The molecule has 0 atom stereocenters. The summed E-state index contributed by atoms with van der Waals surface area (Å²) in [6.45, 7) is 6.21. The molecule has 0 saturated heterocycles. The lowest BCUT2D eigenvalue weighted by atomic mass is 10.1. The second-order valence-electron chi connectivity index (χ2n) is 5.92. The topological polar surface area (TPSA) is 20.3 Å². The van der Waals surface area contributed by atoms with E-state index in [2.05, 4.69) is 29.8 Å². The van der Waals surface area contributed by atoms with Gasteiger partial charge in [-0.05, 0) is 31.0 Å². The van der Waals surface area contributed by atoms with Crippen molar-refractivity contribution in [2.24, 2.45) is 0 Å². The van der Waals surface area contributed by atoms with E-state index in [4.69, 9.17) is 0 Å². The highest BCUT2D eigenvalue weighted by Crippen LogP contribution is 2.15. The molecule has 0 aliphatic heterocycles. The fourth-order valence-electron chi connectivity index (χ4n) is 2.58. The van der Waals surface area contributed by atoms with Crippen molar-refractivity contribution in [1.82, 2.24) is 4.90 Å². The lowest BCUT2D eigenvalue weighted by molar-refractivity contribution is 0.0749. The van der Waals surface area contributed by atoms with Gasteiger partial charge in [0.1, 0.15) is 0 Å². The molecule has 0 aliphatic rings. The molecule has 1 rings (SSSR count). The van der Waals surface area contributed by atoms with Crippen molar-refractivity contribution in [2.75, 3.05) is 13.1 Å². The van der Waals surface area contributed by atoms with Crippen LogP contribution in [-0.4, -0.2) is 23.9 Å². The van der Waals surface area contributed by atoms with Crippen molar-refractivity contribution >= 4 is 21.8 Å².